The lowest BCUT2D eigenvalue weighted by Crippen LogP contribution is -2.56. The normalized spacial score (nSPS) is 29.6. The van der Waals surface area contributed by atoms with Crippen molar-refractivity contribution in [2.45, 2.75) is 50.2 Å². The highest BCUT2D eigenvalue weighted by Gasteiger charge is 2.40. The molecule has 0 amide bonds. The highest BCUT2D eigenvalue weighted by molar-refractivity contribution is 5.52. The third-order valence-electron chi connectivity index (χ3n) is 4.62. The van der Waals surface area contributed by atoms with E-state index in [1.165, 1.54) is 0 Å². The van der Waals surface area contributed by atoms with Crippen LogP contribution in [0.4, 0.5) is 18.9 Å². The van der Waals surface area contributed by atoms with Crippen molar-refractivity contribution < 1.29 is 13.2 Å². The SMILES string of the molecule is CNC1CC2CCCC(C1)N2c1c(F)cc(F)cc1F. The van der Waals surface area contributed by atoms with Crippen LogP contribution >= 0.6 is 0 Å². The molecule has 0 aliphatic carbocycles. The van der Waals surface area contributed by atoms with E-state index in [9.17, 15) is 13.2 Å². The quantitative estimate of drug-likeness (QED) is 0.897. The molecule has 0 spiro atoms. The number of piperidine rings is 2. The number of benzene rings is 1. The van der Waals surface area contributed by atoms with Crippen molar-refractivity contribution >= 4 is 5.69 Å². The maximum Gasteiger partial charge on any atom is 0.152 e. The molecule has 2 unspecified atom stereocenters. The third-order valence-corrected chi connectivity index (χ3v) is 4.62. The van der Waals surface area contributed by atoms with E-state index < -0.39 is 17.5 Å². The van der Waals surface area contributed by atoms with Crippen LogP contribution in [0.5, 0.6) is 0 Å². The predicted octanol–water partition coefficient (Wildman–Crippen LogP) is 3.21. The van der Waals surface area contributed by atoms with Gasteiger partial charge in [0, 0.05) is 30.3 Å². The first-order valence-corrected chi connectivity index (χ1v) is 7.20. The van der Waals surface area contributed by atoms with E-state index in [0.29, 0.717) is 6.04 Å². The zero-order chi connectivity index (χ0) is 14.3. The zero-order valence-corrected chi connectivity index (χ0v) is 11.5. The summed E-state index contributed by atoms with van der Waals surface area (Å²) in [7, 11) is 1.93. The fourth-order valence-electron chi connectivity index (χ4n) is 3.76. The van der Waals surface area contributed by atoms with Gasteiger partial charge in [0.05, 0.1) is 0 Å². The molecule has 2 atom stereocenters. The summed E-state index contributed by atoms with van der Waals surface area (Å²) in [6.45, 7) is 0. The van der Waals surface area contributed by atoms with Crippen LogP contribution in [0.15, 0.2) is 12.1 Å². The summed E-state index contributed by atoms with van der Waals surface area (Å²) in [5.74, 6) is -2.44. The first-order chi connectivity index (χ1) is 9.60. The molecule has 0 saturated carbocycles. The molecule has 2 nitrogen and oxygen atoms in total. The topological polar surface area (TPSA) is 15.3 Å². The van der Waals surface area contributed by atoms with Gasteiger partial charge in [0.25, 0.3) is 0 Å². The van der Waals surface area contributed by atoms with Gasteiger partial charge in [-0.3, -0.25) is 0 Å². The monoisotopic (exact) mass is 284 g/mol. The average molecular weight is 284 g/mol. The highest BCUT2D eigenvalue weighted by Crippen LogP contribution is 2.40. The van der Waals surface area contributed by atoms with Crippen molar-refractivity contribution in [1.29, 1.82) is 0 Å². The molecule has 1 aromatic rings. The Kier molecular flexibility index (Phi) is 3.63. The number of nitrogens with one attached hydrogen (secondary N) is 1. The van der Waals surface area contributed by atoms with Crippen LogP contribution in [0.3, 0.4) is 0 Å². The molecule has 0 aromatic heterocycles. The Morgan fingerprint density at radius 3 is 2.10 bits per heavy atom. The summed E-state index contributed by atoms with van der Waals surface area (Å²) in [6, 6.07) is 2.22. The van der Waals surface area contributed by atoms with Crippen LogP contribution in [-0.4, -0.2) is 25.2 Å². The standard InChI is InChI=1S/C15H19F3N2/c1-19-10-7-11-3-2-4-12(8-10)20(11)15-13(17)5-9(16)6-14(15)18/h5-6,10-12,19H,2-4,7-8H2,1H3. The molecule has 2 heterocycles. The van der Waals surface area contributed by atoms with Gasteiger partial charge in [-0.25, -0.2) is 13.2 Å². The second kappa shape index (κ2) is 5.28. The Morgan fingerprint density at radius 1 is 1.05 bits per heavy atom. The van der Waals surface area contributed by atoms with Gasteiger partial charge in [-0.05, 0) is 39.2 Å². The van der Waals surface area contributed by atoms with E-state index in [0.717, 1.165) is 44.2 Å². The van der Waals surface area contributed by atoms with Crippen LogP contribution in [0.2, 0.25) is 0 Å². The molecule has 20 heavy (non-hydrogen) atoms. The lowest BCUT2D eigenvalue weighted by Gasteiger charge is -2.50. The molecular weight excluding hydrogens is 265 g/mol. The maximum absolute atomic E-state index is 14.0. The number of hydrogen-bond acceptors (Lipinski definition) is 2. The number of halogens is 3. The van der Waals surface area contributed by atoms with Crippen LogP contribution in [0.25, 0.3) is 0 Å². The predicted molar refractivity (Wildman–Crippen MR) is 72.3 cm³/mol. The molecule has 2 fully saturated rings. The highest BCUT2D eigenvalue weighted by atomic mass is 19.1. The number of fused-ring (bicyclic) bond motifs is 2. The molecular formula is C15H19F3N2. The molecule has 110 valence electrons. The maximum atomic E-state index is 14.0. The fourth-order valence-corrected chi connectivity index (χ4v) is 3.76. The Hall–Kier alpha value is -1.23. The molecule has 5 heteroatoms. The Morgan fingerprint density at radius 2 is 1.60 bits per heavy atom. The second-order valence-corrected chi connectivity index (χ2v) is 5.82. The Bertz CT molecular complexity index is 469. The van der Waals surface area contributed by atoms with Gasteiger partial charge in [-0.15, -0.1) is 0 Å². The largest absolute Gasteiger partial charge is 0.361 e. The van der Waals surface area contributed by atoms with Crippen molar-refractivity contribution in [3.05, 3.63) is 29.6 Å². The minimum absolute atomic E-state index is 0.0457. The smallest absolute Gasteiger partial charge is 0.152 e. The van der Waals surface area contributed by atoms with E-state index in [1.54, 1.807) is 0 Å². The molecule has 0 radical (unpaired) electrons. The van der Waals surface area contributed by atoms with Crippen LogP contribution in [0.1, 0.15) is 32.1 Å². The molecule has 2 saturated heterocycles. The third kappa shape index (κ3) is 2.28. The number of anilines is 1. The summed E-state index contributed by atoms with van der Waals surface area (Å²) in [5.41, 5.74) is -0.0457. The average Bonchev–Trinajstić information content (AvgIpc) is 2.36. The summed E-state index contributed by atoms with van der Waals surface area (Å²) in [6.07, 6.45) is 4.72. The van der Waals surface area contributed by atoms with Gasteiger partial charge < -0.3 is 10.2 Å². The van der Waals surface area contributed by atoms with Crippen molar-refractivity contribution in [2.75, 3.05) is 11.9 Å². The van der Waals surface area contributed by atoms with E-state index >= 15 is 0 Å². The summed E-state index contributed by atoms with van der Waals surface area (Å²) < 4.78 is 41.2. The molecule has 2 aliphatic heterocycles. The zero-order valence-electron chi connectivity index (χ0n) is 11.5. The first kappa shape index (κ1) is 13.7. The molecule has 2 bridgehead atoms. The van der Waals surface area contributed by atoms with Crippen molar-refractivity contribution in [2.24, 2.45) is 0 Å². The van der Waals surface area contributed by atoms with E-state index in [-0.39, 0.29) is 17.8 Å². The van der Waals surface area contributed by atoms with E-state index in [4.69, 9.17) is 0 Å². The lowest BCUT2D eigenvalue weighted by atomic mass is 9.81. The van der Waals surface area contributed by atoms with Gasteiger partial charge in [-0.2, -0.15) is 0 Å². The Labute approximate surface area is 117 Å². The van der Waals surface area contributed by atoms with Crippen molar-refractivity contribution in [1.82, 2.24) is 5.32 Å². The molecule has 1 aromatic carbocycles. The number of hydrogen-bond donors (Lipinski definition) is 1. The van der Waals surface area contributed by atoms with Crippen molar-refractivity contribution in [3.63, 3.8) is 0 Å². The van der Waals surface area contributed by atoms with Crippen molar-refractivity contribution in [3.8, 4) is 0 Å². The van der Waals surface area contributed by atoms with Crippen LogP contribution in [-0.2, 0) is 0 Å². The number of nitrogens with zero attached hydrogens (tertiary/aromatic N) is 1. The van der Waals surface area contributed by atoms with Gasteiger partial charge >= 0.3 is 0 Å². The van der Waals surface area contributed by atoms with Gasteiger partial charge in [0.15, 0.2) is 11.6 Å². The summed E-state index contributed by atoms with van der Waals surface area (Å²) in [5, 5.41) is 3.27. The van der Waals surface area contributed by atoms with Crippen LogP contribution < -0.4 is 10.2 Å². The van der Waals surface area contributed by atoms with Gasteiger partial charge in [0.2, 0.25) is 0 Å². The minimum atomic E-state index is -0.862. The van der Waals surface area contributed by atoms with Gasteiger partial charge in [-0.1, -0.05) is 0 Å². The van der Waals surface area contributed by atoms with E-state index in [2.05, 4.69) is 5.32 Å². The summed E-state index contributed by atoms with van der Waals surface area (Å²) in [4.78, 5) is 1.86. The number of rotatable bonds is 2. The summed E-state index contributed by atoms with van der Waals surface area (Å²) >= 11 is 0. The molecule has 1 N–H and O–H groups in total. The van der Waals surface area contributed by atoms with E-state index in [1.807, 2.05) is 11.9 Å². The van der Waals surface area contributed by atoms with Gasteiger partial charge in [0.1, 0.15) is 11.5 Å². The minimum Gasteiger partial charge on any atom is -0.361 e. The first-order valence-electron chi connectivity index (χ1n) is 7.20. The van der Waals surface area contributed by atoms with Crippen LogP contribution in [0, 0.1) is 17.5 Å². The molecule has 2 aliphatic rings. The molecule has 3 rings (SSSR count). The fraction of sp³-hybridized carbons (Fsp3) is 0.600. The lowest BCUT2D eigenvalue weighted by molar-refractivity contribution is 0.248. The second-order valence-electron chi connectivity index (χ2n) is 5.82. The Balaban J connectivity index is 1.98.